The molecule has 1 heterocycles. The van der Waals surface area contributed by atoms with E-state index in [1.807, 2.05) is 18.2 Å². The fraction of sp³-hybridized carbons (Fsp3) is 0.0714. The van der Waals surface area contributed by atoms with E-state index >= 15 is 0 Å². The van der Waals surface area contributed by atoms with Gasteiger partial charge in [0.1, 0.15) is 17.4 Å². The van der Waals surface area contributed by atoms with Crippen molar-refractivity contribution in [3.63, 3.8) is 0 Å². The molecular weight excluding hydrogens is 282 g/mol. The van der Waals surface area contributed by atoms with Gasteiger partial charge in [0.05, 0.1) is 23.0 Å². The van der Waals surface area contributed by atoms with E-state index in [2.05, 4.69) is 10.3 Å². The van der Waals surface area contributed by atoms with Crippen LogP contribution < -0.4 is 10.1 Å². The molecule has 0 fully saturated rings. The highest BCUT2D eigenvalue weighted by molar-refractivity contribution is 7.22. The highest BCUT2D eigenvalue weighted by atomic mass is 32.1. The van der Waals surface area contributed by atoms with Crippen LogP contribution in [0.4, 0.5) is 19.6 Å². The van der Waals surface area contributed by atoms with Crippen LogP contribution in [0.5, 0.6) is 5.75 Å². The summed E-state index contributed by atoms with van der Waals surface area (Å²) in [6, 6.07) is 8.87. The molecule has 0 aliphatic rings. The number of rotatable bonds is 3. The maximum absolute atomic E-state index is 13.6. The molecule has 3 aromatic rings. The highest BCUT2D eigenvalue weighted by Gasteiger charge is 2.08. The molecule has 2 aromatic carbocycles. The van der Waals surface area contributed by atoms with Crippen molar-refractivity contribution in [1.82, 2.24) is 4.98 Å². The topological polar surface area (TPSA) is 34.1 Å². The average Bonchev–Trinajstić information content (AvgIpc) is 2.83. The number of fused-ring (bicyclic) bond motifs is 1. The van der Waals surface area contributed by atoms with Crippen molar-refractivity contribution in [2.24, 2.45) is 0 Å². The number of anilines is 2. The Morgan fingerprint density at radius 2 is 2.00 bits per heavy atom. The lowest BCUT2D eigenvalue weighted by Crippen LogP contribution is -1.93. The molecule has 20 heavy (non-hydrogen) atoms. The minimum absolute atomic E-state index is 0.192. The number of ether oxygens (including phenoxy) is 1. The van der Waals surface area contributed by atoms with Gasteiger partial charge in [-0.25, -0.2) is 13.8 Å². The Hall–Kier alpha value is -2.21. The zero-order valence-corrected chi connectivity index (χ0v) is 11.3. The molecule has 1 aromatic heterocycles. The van der Waals surface area contributed by atoms with Crippen LogP contribution in [0, 0.1) is 11.6 Å². The predicted octanol–water partition coefficient (Wildman–Crippen LogP) is 4.33. The van der Waals surface area contributed by atoms with E-state index in [1.54, 1.807) is 7.11 Å². The Labute approximate surface area is 117 Å². The Morgan fingerprint density at radius 1 is 1.15 bits per heavy atom. The minimum atomic E-state index is -0.651. The van der Waals surface area contributed by atoms with Crippen molar-refractivity contribution in [1.29, 1.82) is 0 Å². The summed E-state index contributed by atoms with van der Waals surface area (Å²) in [5.41, 5.74) is 0.984. The zero-order valence-electron chi connectivity index (χ0n) is 10.5. The van der Waals surface area contributed by atoms with Crippen LogP contribution in [0.2, 0.25) is 0 Å². The fourth-order valence-electron chi connectivity index (χ4n) is 1.79. The van der Waals surface area contributed by atoms with E-state index in [-0.39, 0.29) is 5.69 Å². The number of thiazole rings is 1. The molecule has 0 saturated heterocycles. The van der Waals surface area contributed by atoms with Gasteiger partial charge in [-0.05, 0) is 30.3 Å². The molecule has 0 aliphatic heterocycles. The molecule has 0 saturated carbocycles. The first-order chi connectivity index (χ1) is 9.65. The lowest BCUT2D eigenvalue weighted by molar-refractivity contribution is 0.415. The molecule has 0 radical (unpaired) electrons. The molecule has 3 rings (SSSR count). The summed E-state index contributed by atoms with van der Waals surface area (Å²) in [5.74, 6) is -0.524. The van der Waals surface area contributed by atoms with Gasteiger partial charge in [-0.3, -0.25) is 0 Å². The first kappa shape index (κ1) is 12.8. The highest BCUT2D eigenvalue weighted by Crippen LogP contribution is 2.31. The predicted molar refractivity (Wildman–Crippen MR) is 75.8 cm³/mol. The number of methoxy groups -OCH3 is 1. The van der Waals surface area contributed by atoms with Crippen molar-refractivity contribution in [3.8, 4) is 5.75 Å². The molecule has 0 bridgehead atoms. The van der Waals surface area contributed by atoms with Crippen molar-refractivity contribution < 1.29 is 13.5 Å². The maximum Gasteiger partial charge on any atom is 0.188 e. The summed E-state index contributed by atoms with van der Waals surface area (Å²) >= 11 is 1.37. The molecular formula is C14H10F2N2OS. The van der Waals surface area contributed by atoms with Gasteiger partial charge in [-0.2, -0.15) is 0 Å². The van der Waals surface area contributed by atoms with E-state index in [9.17, 15) is 8.78 Å². The van der Waals surface area contributed by atoms with E-state index in [0.717, 1.165) is 22.0 Å². The molecule has 0 amide bonds. The molecule has 6 heteroatoms. The van der Waals surface area contributed by atoms with Gasteiger partial charge in [0.2, 0.25) is 0 Å². The lowest BCUT2D eigenvalue weighted by atomic mass is 10.3. The molecule has 0 unspecified atom stereocenters. The molecule has 0 aliphatic carbocycles. The summed E-state index contributed by atoms with van der Waals surface area (Å²) in [6.07, 6.45) is 0. The number of halogens is 2. The second-order valence-corrected chi connectivity index (χ2v) is 5.13. The van der Waals surface area contributed by atoms with Gasteiger partial charge in [-0.15, -0.1) is 0 Å². The Balaban J connectivity index is 1.94. The molecule has 0 atom stereocenters. The minimum Gasteiger partial charge on any atom is -0.497 e. The number of nitrogens with one attached hydrogen (secondary N) is 1. The largest absolute Gasteiger partial charge is 0.497 e. The van der Waals surface area contributed by atoms with E-state index in [1.165, 1.54) is 23.5 Å². The van der Waals surface area contributed by atoms with Gasteiger partial charge in [0.15, 0.2) is 5.13 Å². The average molecular weight is 292 g/mol. The zero-order chi connectivity index (χ0) is 14.1. The summed E-state index contributed by atoms with van der Waals surface area (Å²) in [7, 11) is 1.59. The van der Waals surface area contributed by atoms with Crippen LogP contribution in [0.1, 0.15) is 0 Å². The van der Waals surface area contributed by atoms with Gasteiger partial charge >= 0.3 is 0 Å². The number of hydrogen-bond donors (Lipinski definition) is 1. The molecule has 0 spiro atoms. The van der Waals surface area contributed by atoms with E-state index < -0.39 is 11.6 Å². The van der Waals surface area contributed by atoms with Crippen LogP contribution in [0.3, 0.4) is 0 Å². The van der Waals surface area contributed by atoms with Crippen molar-refractivity contribution in [3.05, 3.63) is 48.0 Å². The molecule has 1 N–H and O–H groups in total. The Kier molecular flexibility index (Phi) is 3.23. The summed E-state index contributed by atoms with van der Waals surface area (Å²) in [4.78, 5) is 4.34. The number of nitrogens with zero attached hydrogens (tertiary/aromatic N) is 1. The van der Waals surface area contributed by atoms with Crippen molar-refractivity contribution in [2.75, 3.05) is 12.4 Å². The quantitative estimate of drug-likeness (QED) is 0.780. The normalized spacial score (nSPS) is 10.8. The number of aromatic nitrogens is 1. The van der Waals surface area contributed by atoms with Crippen LogP contribution in [0.15, 0.2) is 36.4 Å². The van der Waals surface area contributed by atoms with Crippen LogP contribution in [0.25, 0.3) is 10.2 Å². The summed E-state index contributed by atoms with van der Waals surface area (Å²) < 4.78 is 32.5. The standard InChI is InChI=1S/C14H10F2N2OS/c1-19-9-3-5-12-13(7-9)20-14(18-12)17-11-4-2-8(15)6-10(11)16/h2-7H,1H3,(H,17,18). The van der Waals surface area contributed by atoms with Gasteiger partial charge in [0, 0.05) is 6.07 Å². The SMILES string of the molecule is COc1ccc2nc(Nc3ccc(F)cc3F)sc2c1. The molecule has 3 nitrogen and oxygen atoms in total. The molecule has 102 valence electrons. The van der Waals surface area contributed by atoms with Gasteiger partial charge in [-0.1, -0.05) is 11.3 Å². The third kappa shape index (κ3) is 2.42. The van der Waals surface area contributed by atoms with Crippen molar-refractivity contribution in [2.45, 2.75) is 0 Å². The second kappa shape index (κ2) is 5.05. The summed E-state index contributed by atoms with van der Waals surface area (Å²) in [5, 5.41) is 3.39. The maximum atomic E-state index is 13.6. The Morgan fingerprint density at radius 3 is 2.75 bits per heavy atom. The van der Waals surface area contributed by atoms with Gasteiger partial charge in [0.25, 0.3) is 0 Å². The smallest absolute Gasteiger partial charge is 0.188 e. The van der Waals surface area contributed by atoms with Crippen LogP contribution in [-0.4, -0.2) is 12.1 Å². The third-order valence-electron chi connectivity index (χ3n) is 2.77. The van der Waals surface area contributed by atoms with Crippen molar-refractivity contribution >= 4 is 32.4 Å². The fourth-order valence-corrected chi connectivity index (χ4v) is 2.70. The van der Waals surface area contributed by atoms with Gasteiger partial charge < -0.3 is 10.1 Å². The lowest BCUT2D eigenvalue weighted by Gasteiger charge is -2.03. The first-order valence-electron chi connectivity index (χ1n) is 5.82. The first-order valence-corrected chi connectivity index (χ1v) is 6.64. The van der Waals surface area contributed by atoms with E-state index in [0.29, 0.717) is 5.13 Å². The second-order valence-electron chi connectivity index (χ2n) is 4.10. The third-order valence-corrected chi connectivity index (χ3v) is 3.70. The van der Waals surface area contributed by atoms with E-state index in [4.69, 9.17) is 4.74 Å². The van der Waals surface area contributed by atoms with Crippen LogP contribution in [-0.2, 0) is 0 Å². The number of hydrogen-bond acceptors (Lipinski definition) is 4. The monoisotopic (exact) mass is 292 g/mol. The Bertz CT molecular complexity index is 773. The number of benzene rings is 2. The summed E-state index contributed by atoms with van der Waals surface area (Å²) in [6.45, 7) is 0. The van der Waals surface area contributed by atoms with Crippen LogP contribution >= 0.6 is 11.3 Å².